The standard InChI is InChI=1S/C30H28N4O5/c1-33(2)12-4-7-27(35)32-28-23-10-8-21(22-9-11-25-26(15-22)39-18-38-25)14-24(23)34(29(28)30(36)37)17-20-6-3-5-19(13-20)16-31/h3,5-6,8-11,13-15H,4,7,12,17-18H2,1-2H3,(H,32,35)(H,36,37). The topological polar surface area (TPSA) is 117 Å². The third-order valence-corrected chi connectivity index (χ3v) is 6.64. The molecule has 1 aliphatic heterocycles. The molecule has 0 atom stereocenters. The van der Waals surface area contributed by atoms with Crippen LogP contribution in [0.2, 0.25) is 0 Å². The van der Waals surface area contributed by atoms with Crippen LogP contribution in [-0.2, 0) is 11.3 Å². The van der Waals surface area contributed by atoms with Crippen molar-refractivity contribution in [2.24, 2.45) is 0 Å². The van der Waals surface area contributed by atoms with Gasteiger partial charge in [0.15, 0.2) is 17.2 Å². The summed E-state index contributed by atoms with van der Waals surface area (Å²) < 4.78 is 12.6. The van der Waals surface area contributed by atoms with Crippen molar-refractivity contribution < 1.29 is 24.2 Å². The van der Waals surface area contributed by atoms with Crippen LogP contribution in [0, 0.1) is 11.3 Å². The van der Waals surface area contributed by atoms with Gasteiger partial charge in [-0.3, -0.25) is 4.79 Å². The molecule has 9 nitrogen and oxygen atoms in total. The predicted molar refractivity (Wildman–Crippen MR) is 147 cm³/mol. The zero-order valence-electron chi connectivity index (χ0n) is 21.7. The third kappa shape index (κ3) is 5.42. The van der Waals surface area contributed by atoms with Gasteiger partial charge in [-0.2, -0.15) is 5.26 Å². The highest BCUT2D eigenvalue weighted by Crippen LogP contribution is 2.39. The van der Waals surface area contributed by atoms with Gasteiger partial charge in [-0.15, -0.1) is 0 Å². The number of nitriles is 1. The number of carbonyl (C=O) groups is 2. The second-order valence-corrected chi connectivity index (χ2v) is 9.68. The van der Waals surface area contributed by atoms with Crippen LogP contribution in [0.3, 0.4) is 0 Å². The first-order valence-electron chi connectivity index (χ1n) is 12.6. The summed E-state index contributed by atoms with van der Waals surface area (Å²) in [6.45, 7) is 1.12. The first-order chi connectivity index (χ1) is 18.8. The van der Waals surface area contributed by atoms with Crippen molar-refractivity contribution in [2.45, 2.75) is 19.4 Å². The number of aromatic carboxylic acids is 1. The summed E-state index contributed by atoms with van der Waals surface area (Å²) in [7, 11) is 3.88. The number of hydrogen-bond donors (Lipinski definition) is 2. The van der Waals surface area contributed by atoms with Gasteiger partial charge in [0, 0.05) is 18.4 Å². The summed E-state index contributed by atoms with van der Waals surface area (Å²) in [6, 6.07) is 20.5. The van der Waals surface area contributed by atoms with E-state index in [2.05, 4.69) is 11.4 Å². The quantitative estimate of drug-likeness (QED) is 0.319. The Labute approximate surface area is 225 Å². The number of aromatic nitrogens is 1. The van der Waals surface area contributed by atoms with Crippen LogP contribution in [0.5, 0.6) is 11.5 Å². The molecule has 0 fully saturated rings. The second-order valence-electron chi connectivity index (χ2n) is 9.68. The van der Waals surface area contributed by atoms with E-state index in [1.165, 1.54) is 0 Å². The van der Waals surface area contributed by atoms with E-state index in [9.17, 15) is 20.0 Å². The molecule has 5 rings (SSSR count). The van der Waals surface area contributed by atoms with E-state index in [4.69, 9.17) is 9.47 Å². The fraction of sp³-hybridized carbons (Fsp3) is 0.233. The monoisotopic (exact) mass is 524 g/mol. The zero-order valence-corrected chi connectivity index (χ0v) is 21.7. The van der Waals surface area contributed by atoms with Crippen LogP contribution in [0.25, 0.3) is 22.0 Å². The Morgan fingerprint density at radius 1 is 1.05 bits per heavy atom. The Bertz CT molecular complexity index is 1620. The Morgan fingerprint density at radius 2 is 1.82 bits per heavy atom. The highest BCUT2D eigenvalue weighted by atomic mass is 16.7. The second kappa shape index (κ2) is 10.9. The van der Waals surface area contributed by atoms with Crippen molar-refractivity contribution in [1.82, 2.24) is 9.47 Å². The summed E-state index contributed by atoms with van der Waals surface area (Å²) in [6.07, 6.45) is 0.915. The van der Waals surface area contributed by atoms with Crippen LogP contribution < -0.4 is 14.8 Å². The molecule has 0 unspecified atom stereocenters. The van der Waals surface area contributed by atoms with Crippen molar-refractivity contribution in [2.75, 3.05) is 32.7 Å². The molecule has 1 aromatic heterocycles. The normalized spacial score (nSPS) is 12.1. The maximum atomic E-state index is 12.9. The van der Waals surface area contributed by atoms with Crippen molar-refractivity contribution in [3.63, 3.8) is 0 Å². The van der Waals surface area contributed by atoms with E-state index >= 15 is 0 Å². The van der Waals surface area contributed by atoms with Gasteiger partial charge in [-0.05, 0) is 74.1 Å². The summed E-state index contributed by atoms with van der Waals surface area (Å²) in [5.74, 6) is -0.0817. The van der Waals surface area contributed by atoms with E-state index in [0.29, 0.717) is 34.4 Å². The average molecular weight is 525 g/mol. The number of rotatable bonds is 9. The highest BCUT2D eigenvalue weighted by Gasteiger charge is 2.25. The molecular formula is C30H28N4O5. The van der Waals surface area contributed by atoms with Gasteiger partial charge < -0.3 is 29.4 Å². The molecule has 198 valence electrons. The van der Waals surface area contributed by atoms with Gasteiger partial charge >= 0.3 is 5.97 Å². The molecule has 2 N–H and O–H groups in total. The van der Waals surface area contributed by atoms with E-state index in [0.717, 1.165) is 23.2 Å². The van der Waals surface area contributed by atoms with Crippen LogP contribution in [0.4, 0.5) is 5.69 Å². The van der Waals surface area contributed by atoms with E-state index in [1.807, 2.05) is 61.5 Å². The lowest BCUT2D eigenvalue weighted by Crippen LogP contribution is -2.19. The van der Waals surface area contributed by atoms with E-state index in [1.54, 1.807) is 22.8 Å². The Kier molecular flexibility index (Phi) is 7.21. The maximum absolute atomic E-state index is 12.9. The number of anilines is 1. The largest absolute Gasteiger partial charge is 0.477 e. The van der Waals surface area contributed by atoms with E-state index < -0.39 is 5.97 Å². The molecule has 0 bridgehead atoms. The molecule has 1 aliphatic rings. The number of carboxylic acid groups (broad SMARTS) is 1. The lowest BCUT2D eigenvalue weighted by atomic mass is 10.0. The van der Waals surface area contributed by atoms with Gasteiger partial charge in [0.2, 0.25) is 12.7 Å². The minimum absolute atomic E-state index is 0.0174. The molecule has 39 heavy (non-hydrogen) atoms. The number of benzene rings is 3. The van der Waals surface area contributed by atoms with Gasteiger partial charge in [-0.25, -0.2) is 4.79 Å². The lowest BCUT2D eigenvalue weighted by molar-refractivity contribution is -0.116. The summed E-state index contributed by atoms with van der Waals surface area (Å²) >= 11 is 0. The van der Waals surface area contributed by atoms with E-state index in [-0.39, 0.29) is 37.0 Å². The molecule has 1 amide bonds. The zero-order chi connectivity index (χ0) is 27.5. The maximum Gasteiger partial charge on any atom is 0.354 e. The number of nitrogens with zero attached hydrogens (tertiary/aromatic N) is 3. The summed E-state index contributed by atoms with van der Waals surface area (Å²) in [5.41, 5.74) is 3.88. The van der Waals surface area contributed by atoms with Crippen LogP contribution in [0.1, 0.15) is 34.5 Å². The third-order valence-electron chi connectivity index (χ3n) is 6.64. The van der Waals surface area contributed by atoms with Crippen molar-refractivity contribution >= 4 is 28.5 Å². The van der Waals surface area contributed by atoms with Crippen LogP contribution in [0.15, 0.2) is 60.7 Å². The molecule has 0 saturated carbocycles. The number of hydrogen-bond acceptors (Lipinski definition) is 6. The molecule has 2 heterocycles. The number of ether oxygens (including phenoxy) is 2. The van der Waals surface area contributed by atoms with Crippen molar-refractivity contribution in [3.8, 4) is 28.7 Å². The van der Waals surface area contributed by atoms with Gasteiger partial charge in [0.05, 0.1) is 22.8 Å². The molecule has 0 spiro atoms. The van der Waals surface area contributed by atoms with Crippen molar-refractivity contribution in [3.05, 3.63) is 77.5 Å². The van der Waals surface area contributed by atoms with Gasteiger partial charge in [-0.1, -0.05) is 30.3 Å². The molecule has 0 saturated heterocycles. The van der Waals surface area contributed by atoms with Crippen molar-refractivity contribution in [1.29, 1.82) is 5.26 Å². The number of nitrogens with one attached hydrogen (secondary N) is 1. The first-order valence-corrected chi connectivity index (χ1v) is 12.6. The molecule has 0 aliphatic carbocycles. The molecule has 0 radical (unpaired) electrons. The Balaban J connectivity index is 1.62. The Morgan fingerprint density at radius 3 is 2.59 bits per heavy atom. The smallest absolute Gasteiger partial charge is 0.354 e. The van der Waals surface area contributed by atoms with Gasteiger partial charge in [0.25, 0.3) is 0 Å². The minimum atomic E-state index is -1.16. The SMILES string of the molecule is CN(C)CCCC(=O)Nc1c(C(=O)O)n(Cc2cccc(C#N)c2)c2cc(-c3ccc4c(c3)OCO4)ccc12. The number of carboxylic acids is 1. The molecule has 3 aromatic carbocycles. The number of carbonyl (C=O) groups excluding carboxylic acids is 1. The lowest BCUT2D eigenvalue weighted by Gasteiger charge is -2.11. The highest BCUT2D eigenvalue weighted by molar-refractivity contribution is 6.11. The molecular weight excluding hydrogens is 496 g/mol. The molecule has 9 heteroatoms. The fourth-order valence-electron chi connectivity index (χ4n) is 4.80. The summed E-state index contributed by atoms with van der Waals surface area (Å²) in [4.78, 5) is 27.5. The van der Waals surface area contributed by atoms with Crippen LogP contribution in [-0.4, -0.2) is 53.9 Å². The minimum Gasteiger partial charge on any atom is -0.477 e. The number of fused-ring (bicyclic) bond motifs is 2. The average Bonchev–Trinajstić information content (AvgIpc) is 3.50. The number of amides is 1. The molecule has 4 aromatic rings. The van der Waals surface area contributed by atoms with Gasteiger partial charge in [0.1, 0.15) is 0 Å². The summed E-state index contributed by atoms with van der Waals surface area (Å²) in [5, 5.41) is 23.2. The predicted octanol–water partition coefficient (Wildman–Crippen LogP) is 4.94. The first kappa shape index (κ1) is 25.8. The Hall–Kier alpha value is -4.81. The fourth-order valence-corrected chi connectivity index (χ4v) is 4.80. The van der Waals surface area contributed by atoms with Crippen LogP contribution >= 0.6 is 0 Å².